The third-order valence-electron chi connectivity index (χ3n) is 7.17. The second kappa shape index (κ2) is 10.8. The van der Waals surface area contributed by atoms with Gasteiger partial charge in [-0.25, -0.2) is 4.79 Å². The molecule has 1 aromatic rings. The summed E-state index contributed by atoms with van der Waals surface area (Å²) in [5.74, 6) is -3.01. The molecule has 9 nitrogen and oxygen atoms in total. The molecule has 2 saturated heterocycles. The van der Waals surface area contributed by atoms with Gasteiger partial charge in [-0.3, -0.25) is 9.59 Å². The van der Waals surface area contributed by atoms with E-state index in [-0.39, 0.29) is 25.1 Å². The number of nitrogens with zero attached hydrogens (tertiary/aromatic N) is 1. The van der Waals surface area contributed by atoms with Gasteiger partial charge in [0.1, 0.15) is 5.75 Å². The summed E-state index contributed by atoms with van der Waals surface area (Å²) in [6.07, 6.45) is 2.00. The molecule has 1 aliphatic carbocycles. The number of carbonyl (C=O) groups is 3. The first-order chi connectivity index (χ1) is 17.2. The lowest BCUT2D eigenvalue weighted by atomic mass is 9.58. The Hall–Kier alpha value is -2.66. The number of phenolic OH excluding ortho intramolecular Hbond substituents is 1. The fourth-order valence-electron chi connectivity index (χ4n) is 5.67. The number of halogens is 1. The van der Waals surface area contributed by atoms with E-state index < -0.39 is 48.9 Å². The van der Waals surface area contributed by atoms with Gasteiger partial charge in [0.25, 0.3) is 0 Å². The Bertz CT molecular complexity index is 1140. The molecule has 0 bridgehead atoms. The number of ether oxygens (including phenoxy) is 2. The Labute approximate surface area is 214 Å². The van der Waals surface area contributed by atoms with E-state index in [1.807, 2.05) is 13.0 Å². The molecule has 4 atom stereocenters. The zero-order valence-electron chi connectivity index (χ0n) is 20.4. The summed E-state index contributed by atoms with van der Waals surface area (Å²) in [7, 11) is 1.57. The molecule has 2 heterocycles. The molecule has 0 spiro atoms. The Kier molecular flexibility index (Phi) is 7.89. The molecule has 1 aromatic carbocycles. The number of fused-ring (bicyclic) bond motifs is 3. The first-order valence-electron chi connectivity index (χ1n) is 11.8. The summed E-state index contributed by atoms with van der Waals surface area (Å²) in [6, 6.07) is 4.77. The van der Waals surface area contributed by atoms with Crippen LogP contribution in [0.25, 0.3) is 6.08 Å². The van der Waals surface area contributed by atoms with Crippen molar-refractivity contribution in [3.63, 3.8) is 0 Å². The molecule has 36 heavy (non-hydrogen) atoms. The topological polar surface area (TPSA) is 123 Å². The van der Waals surface area contributed by atoms with E-state index in [0.29, 0.717) is 22.8 Å². The summed E-state index contributed by atoms with van der Waals surface area (Å²) in [6.45, 7) is 2.21. The molecule has 0 radical (unpaired) electrons. The minimum Gasteiger partial charge on any atom is -0.508 e. The fourth-order valence-corrected chi connectivity index (χ4v) is 5.90. The molecule has 0 aromatic heterocycles. The van der Waals surface area contributed by atoms with E-state index in [4.69, 9.17) is 21.0 Å². The summed E-state index contributed by atoms with van der Waals surface area (Å²) in [4.78, 5) is 38.9. The minimum atomic E-state index is -1.11. The summed E-state index contributed by atoms with van der Waals surface area (Å²) < 4.78 is 16.0. The van der Waals surface area contributed by atoms with Crippen molar-refractivity contribution in [2.45, 2.75) is 38.6 Å². The van der Waals surface area contributed by atoms with Gasteiger partial charge < -0.3 is 24.3 Å². The monoisotopic (exact) mass is 517 g/mol. The van der Waals surface area contributed by atoms with Crippen molar-refractivity contribution in [2.75, 3.05) is 20.8 Å². The first-order valence-corrected chi connectivity index (χ1v) is 12.2. The van der Waals surface area contributed by atoms with Crippen LogP contribution in [0, 0.1) is 17.8 Å². The zero-order chi connectivity index (χ0) is 26.1. The number of likely N-dealkylation sites (tertiary alicyclic amines) is 1. The lowest BCUT2D eigenvalue weighted by Crippen LogP contribution is -2.46. The predicted octanol–water partition coefficient (Wildman–Crippen LogP) is 3.44. The number of phenols is 1. The first kappa shape index (κ1) is 26.4. The highest BCUT2D eigenvalue weighted by Crippen LogP contribution is 2.50. The zero-order valence-corrected chi connectivity index (χ0v) is 21.2. The Morgan fingerprint density at radius 3 is 2.69 bits per heavy atom. The smallest absolute Gasteiger partial charge is 0.455 e. The van der Waals surface area contributed by atoms with Crippen LogP contribution in [0.2, 0.25) is 11.3 Å². The summed E-state index contributed by atoms with van der Waals surface area (Å²) in [5, 5.41) is 20.6. The van der Waals surface area contributed by atoms with Gasteiger partial charge in [-0.15, -0.1) is 0 Å². The fraction of sp³-hybridized carbons (Fsp3) is 0.480. The van der Waals surface area contributed by atoms with E-state index in [9.17, 15) is 24.5 Å². The quantitative estimate of drug-likeness (QED) is 0.334. The molecule has 3 aliphatic rings. The molecule has 4 rings (SSSR count). The van der Waals surface area contributed by atoms with Crippen molar-refractivity contribution in [3.8, 4) is 5.75 Å². The number of hydrogen-bond donors (Lipinski definition) is 2. The van der Waals surface area contributed by atoms with Crippen LogP contribution in [0.1, 0.15) is 31.7 Å². The van der Waals surface area contributed by atoms with Crippen molar-refractivity contribution in [3.05, 3.63) is 45.5 Å². The number of amides is 3. The number of rotatable bonds is 6. The van der Waals surface area contributed by atoms with Gasteiger partial charge in [0.2, 0.25) is 11.8 Å². The van der Waals surface area contributed by atoms with Crippen LogP contribution >= 0.6 is 11.6 Å². The Morgan fingerprint density at radius 1 is 1.28 bits per heavy atom. The van der Waals surface area contributed by atoms with Crippen molar-refractivity contribution in [1.82, 2.24) is 4.90 Å². The number of hydrogen-bond acceptors (Lipinski definition) is 8. The lowest BCUT2D eigenvalue weighted by Gasteiger charge is -2.43. The third-order valence-corrected chi connectivity index (χ3v) is 7.50. The highest BCUT2D eigenvalue weighted by atomic mass is 35.5. The molecular formula is C25H29BClNO8. The molecule has 0 saturated carbocycles. The van der Waals surface area contributed by atoms with Crippen LogP contribution in [-0.2, 0) is 23.7 Å². The average molecular weight is 518 g/mol. The van der Waals surface area contributed by atoms with Crippen LogP contribution in [0.3, 0.4) is 0 Å². The maximum Gasteiger partial charge on any atom is 0.455 e. The molecule has 2 aliphatic heterocycles. The molecule has 11 heteroatoms. The number of imide groups is 3. The van der Waals surface area contributed by atoms with Crippen LogP contribution in [0.5, 0.6) is 5.75 Å². The highest BCUT2D eigenvalue weighted by molar-refractivity contribution is 6.43. The number of allylic oxidation sites excluding steroid dienone is 1. The van der Waals surface area contributed by atoms with Crippen LogP contribution in [0.4, 0.5) is 4.79 Å². The molecule has 0 unspecified atom stereocenters. The van der Waals surface area contributed by atoms with E-state index in [0.717, 1.165) is 29.4 Å². The summed E-state index contributed by atoms with van der Waals surface area (Å²) in [5.41, 5.74) is 3.50. The number of methoxy groups -OCH3 is 2. The van der Waals surface area contributed by atoms with E-state index in [1.165, 1.54) is 6.07 Å². The molecule has 3 amide bonds. The second-order valence-corrected chi connectivity index (χ2v) is 9.87. The number of benzene rings is 1. The van der Waals surface area contributed by atoms with Gasteiger partial charge in [-0.1, -0.05) is 23.3 Å². The van der Waals surface area contributed by atoms with Crippen molar-refractivity contribution >= 4 is 42.7 Å². The van der Waals surface area contributed by atoms with Gasteiger partial charge in [0.05, 0.1) is 36.7 Å². The normalized spacial score (nSPS) is 26.3. The third kappa shape index (κ3) is 4.95. The van der Waals surface area contributed by atoms with Gasteiger partial charge in [0.15, 0.2) is 0 Å². The van der Waals surface area contributed by atoms with E-state index >= 15 is 0 Å². The SMILES string of the molecule is COCC1=C2[C@@H](CC/C(C)=C/c3ccc(O)cc3Cl)OB(O)C[C@@H]2[C@@H]2C(=O)N(C(=O)OC)C(=O)[C@@H]2C1. The highest BCUT2D eigenvalue weighted by Gasteiger charge is 2.59. The van der Waals surface area contributed by atoms with Crippen LogP contribution in [0.15, 0.2) is 34.9 Å². The largest absolute Gasteiger partial charge is 0.508 e. The van der Waals surface area contributed by atoms with E-state index in [2.05, 4.69) is 4.74 Å². The van der Waals surface area contributed by atoms with Gasteiger partial charge in [-0.05, 0) is 73.3 Å². The molecule has 192 valence electrons. The van der Waals surface area contributed by atoms with Gasteiger partial charge in [-0.2, -0.15) is 4.90 Å². The number of carbonyl (C=O) groups excluding carboxylic acids is 3. The maximum atomic E-state index is 13.2. The lowest BCUT2D eigenvalue weighted by molar-refractivity contribution is -0.137. The van der Waals surface area contributed by atoms with Crippen molar-refractivity contribution in [1.29, 1.82) is 0 Å². The second-order valence-electron chi connectivity index (χ2n) is 9.47. The average Bonchev–Trinajstić information content (AvgIpc) is 3.08. The minimum absolute atomic E-state index is 0.0874. The van der Waals surface area contributed by atoms with E-state index in [1.54, 1.807) is 19.2 Å². The molecule has 2 N–H and O–H groups in total. The van der Waals surface area contributed by atoms with Gasteiger partial charge in [0, 0.05) is 7.11 Å². The van der Waals surface area contributed by atoms with Crippen LogP contribution < -0.4 is 0 Å². The predicted molar refractivity (Wildman–Crippen MR) is 132 cm³/mol. The maximum absolute atomic E-state index is 13.2. The Balaban J connectivity index is 1.61. The molecular weight excluding hydrogens is 489 g/mol. The Morgan fingerprint density at radius 2 is 2.03 bits per heavy atom. The van der Waals surface area contributed by atoms with Crippen molar-refractivity contribution < 1.29 is 38.6 Å². The summed E-state index contributed by atoms with van der Waals surface area (Å²) >= 11 is 6.23. The van der Waals surface area contributed by atoms with Crippen LogP contribution in [-0.4, -0.2) is 67.0 Å². The standard InChI is InChI=1S/C25H29BClNO8/c1-13(8-14-5-6-16(29)10-19(14)27)4-7-20-21-15(12-34-2)9-17-22(18(21)11-26(33)36-20)24(31)28(23(17)30)25(32)35-3/h5-6,8,10,17-18,20,22,29,33H,4,7,9,11-12H2,1-3H3/b13-8+/t17-,18+,20-,22-/m1/s1. The number of aromatic hydroxyl groups is 1. The molecule has 2 fully saturated rings. The van der Waals surface area contributed by atoms with Gasteiger partial charge >= 0.3 is 13.2 Å². The van der Waals surface area contributed by atoms with Crippen molar-refractivity contribution in [2.24, 2.45) is 17.8 Å².